The quantitative estimate of drug-likeness (QED) is 0.558. The third-order valence-corrected chi connectivity index (χ3v) is 5.84. The predicted octanol–water partition coefficient (Wildman–Crippen LogP) is 1.33. The number of nitrogen functional groups attached to an aromatic ring is 1. The van der Waals surface area contributed by atoms with E-state index in [1.165, 1.54) is 0 Å². The summed E-state index contributed by atoms with van der Waals surface area (Å²) in [5, 5.41) is 0. The second-order valence-electron chi connectivity index (χ2n) is 8.64. The Bertz CT molecular complexity index is 949. The molecule has 10 heteroatoms. The van der Waals surface area contributed by atoms with Gasteiger partial charge in [0, 0.05) is 53.4 Å². The number of fused-ring (bicyclic) bond motifs is 1. The molecule has 1 saturated heterocycles. The van der Waals surface area contributed by atoms with Gasteiger partial charge in [-0.05, 0) is 44.0 Å². The van der Waals surface area contributed by atoms with E-state index in [4.69, 9.17) is 16.2 Å². The first kappa shape index (κ1) is 23.8. The van der Waals surface area contributed by atoms with Crippen molar-refractivity contribution in [3.63, 3.8) is 0 Å². The van der Waals surface area contributed by atoms with Crippen molar-refractivity contribution in [2.75, 3.05) is 59.7 Å². The number of imidazole rings is 1. The summed E-state index contributed by atoms with van der Waals surface area (Å²) in [5.74, 6) is 0.337. The minimum atomic E-state index is -0.755. The van der Waals surface area contributed by atoms with E-state index in [1.807, 2.05) is 16.7 Å². The third kappa shape index (κ3) is 5.89. The lowest BCUT2D eigenvalue weighted by Crippen LogP contribution is -2.43. The Morgan fingerprint density at radius 1 is 1.12 bits per heavy atom. The summed E-state index contributed by atoms with van der Waals surface area (Å²) >= 11 is 0. The second-order valence-corrected chi connectivity index (χ2v) is 8.64. The van der Waals surface area contributed by atoms with Crippen LogP contribution in [0.15, 0.2) is 12.1 Å². The van der Waals surface area contributed by atoms with Crippen molar-refractivity contribution in [2.24, 2.45) is 5.73 Å². The van der Waals surface area contributed by atoms with Gasteiger partial charge in [-0.1, -0.05) is 0 Å². The highest BCUT2D eigenvalue weighted by atomic mass is 16.5. The smallest absolute Gasteiger partial charge is 0.404 e. The Kier molecular flexibility index (Phi) is 7.92. The highest BCUT2D eigenvalue weighted by Crippen LogP contribution is 2.26. The Balaban J connectivity index is 1.81. The average molecular weight is 446 g/mol. The maximum Gasteiger partial charge on any atom is 0.404 e. The number of hydrogen-bond acceptors (Lipinski definition) is 7. The van der Waals surface area contributed by atoms with Gasteiger partial charge in [0.25, 0.3) is 5.91 Å². The van der Waals surface area contributed by atoms with E-state index in [0.717, 1.165) is 62.2 Å². The highest BCUT2D eigenvalue weighted by Gasteiger charge is 2.21. The number of likely N-dealkylation sites (N-methyl/N-ethyl adjacent to an activating group) is 1. The molecule has 0 aliphatic carbocycles. The van der Waals surface area contributed by atoms with Crippen LogP contribution in [0, 0.1) is 0 Å². The summed E-state index contributed by atoms with van der Waals surface area (Å²) < 4.78 is 6.69. The van der Waals surface area contributed by atoms with Gasteiger partial charge in [0.05, 0.1) is 23.2 Å². The first-order valence-corrected chi connectivity index (χ1v) is 11.1. The average Bonchev–Trinajstić information content (AvgIpc) is 3.05. The summed E-state index contributed by atoms with van der Waals surface area (Å²) in [6, 6.07) is 4.04. The second kappa shape index (κ2) is 10.6. The number of anilines is 1. The van der Waals surface area contributed by atoms with Gasteiger partial charge in [-0.3, -0.25) is 9.69 Å². The van der Waals surface area contributed by atoms with Crippen LogP contribution in [-0.2, 0) is 17.8 Å². The van der Waals surface area contributed by atoms with E-state index in [0.29, 0.717) is 31.1 Å². The molecule has 3 rings (SSSR count). The zero-order valence-electron chi connectivity index (χ0n) is 19.3. The molecule has 10 nitrogen and oxygen atoms in total. The van der Waals surface area contributed by atoms with E-state index in [-0.39, 0.29) is 5.91 Å². The Morgan fingerprint density at radius 3 is 2.50 bits per heavy atom. The number of primary amides is 1. The molecule has 1 aliphatic heterocycles. The number of carbonyl (C=O) groups is 2. The van der Waals surface area contributed by atoms with Crippen molar-refractivity contribution in [3.8, 4) is 0 Å². The van der Waals surface area contributed by atoms with Gasteiger partial charge < -0.3 is 30.6 Å². The minimum absolute atomic E-state index is 0.0637. The fraction of sp³-hybridized carbons (Fsp3) is 0.591. The number of aromatic nitrogens is 2. The van der Waals surface area contributed by atoms with Crippen molar-refractivity contribution in [1.29, 1.82) is 0 Å². The van der Waals surface area contributed by atoms with Gasteiger partial charge in [0.2, 0.25) is 5.95 Å². The molecular formula is C22H35N7O3. The van der Waals surface area contributed by atoms with Gasteiger partial charge >= 0.3 is 6.09 Å². The summed E-state index contributed by atoms with van der Waals surface area (Å²) in [4.78, 5) is 34.6. The van der Waals surface area contributed by atoms with E-state index in [9.17, 15) is 9.59 Å². The summed E-state index contributed by atoms with van der Waals surface area (Å²) in [5.41, 5.74) is 14.5. The molecule has 1 aliphatic rings. The number of nitrogens with two attached hydrogens (primary N) is 2. The topological polar surface area (TPSA) is 123 Å². The van der Waals surface area contributed by atoms with Gasteiger partial charge in [-0.2, -0.15) is 0 Å². The number of unbranched alkanes of at least 4 members (excludes halogenated alkanes) is 2. The van der Waals surface area contributed by atoms with Crippen LogP contribution in [0.2, 0.25) is 0 Å². The molecule has 0 radical (unpaired) electrons. The van der Waals surface area contributed by atoms with E-state index >= 15 is 0 Å². The van der Waals surface area contributed by atoms with Crippen LogP contribution in [0.5, 0.6) is 0 Å². The van der Waals surface area contributed by atoms with Crippen molar-refractivity contribution in [1.82, 2.24) is 24.3 Å². The standard InChI is InChI=1S/C22H35N7O3/c1-26(2)20(30)17-13-16(15-28-10-8-27(3)9-11-28)14-18-19(17)29(21(23)25-18)7-5-4-6-12-32-22(24)31/h13-14H,4-12,15H2,1-3H3,(H2,23,25)(H2,24,31). The van der Waals surface area contributed by atoms with Crippen LogP contribution in [0.4, 0.5) is 10.7 Å². The van der Waals surface area contributed by atoms with Gasteiger partial charge in [0.1, 0.15) is 0 Å². The molecule has 176 valence electrons. The summed E-state index contributed by atoms with van der Waals surface area (Å²) in [6.07, 6.45) is 1.61. The normalized spacial score (nSPS) is 15.2. The van der Waals surface area contributed by atoms with E-state index in [2.05, 4.69) is 21.8 Å². The first-order chi connectivity index (χ1) is 15.3. The van der Waals surface area contributed by atoms with Crippen LogP contribution in [-0.4, -0.2) is 90.2 Å². The van der Waals surface area contributed by atoms with Crippen LogP contribution >= 0.6 is 0 Å². The maximum atomic E-state index is 13.0. The molecule has 0 unspecified atom stereocenters. The maximum absolute atomic E-state index is 13.0. The van der Waals surface area contributed by atoms with Crippen molar-refractivity contribution < 1.29 is 14.3 Å². The fourth-order valence-electron chi connectivity index (χ4n) is 4.05. The fourth-order valence-corrected chi connectivity index (χ4v) is 4.05. The van der Waals surface area contributed by atoms with Crippen molar-refractivity contribution in [3.05, 3.63) is 23.3 Å². The van der Waals surface area contributed by atoms with E-state index in [1.54, 1.807) is 19.0 Å². The lowest BCUT2D eigenvalue weighted by atomic mass is 10.1. The highest BCUT2D eigenvalue weighted by molar-refractivity contribution is 6.05. The number of amides is 2. The zero-order chi connectivity index (χ0) is 23.3. The molecular weight excluding hydrogens is 410 g/mol. The molecule has 2 heterocycles. The first-order valence-electron chi connectivity index (χ1n) is 11.1. The number of piperazine rings is 1. The molecule has 0 atom stereocenters. The minimum Gasteiger partial charge on any atom is -0.450 e. The number of aryl methyl sites for hydroxylation is 1. The van der Waals surface area contributed by atoms with Gasteiger partial charge in [-0.25, -0.2) is 9.78 Å². The number of carbonyl (C=O) groups excluding carboxylic acids is 2. The van der Waals surface area contributed by atoms with Crippen LogP contribution in [0.3, 0.4) is 0 Å². The van der Waals surface area contributed by atoms with Crippen molar-refractivity contribution in [2.45, 2.75) is 32.4 Å². The summed E-state index contributed by atoms with van der Waals surface area (Å²) in [6.45, 7) is 5.79. The summed E-state index contributed by atoms with van der Waals surface area (Å²) in [7, 11) is 5.64. The molecule has 1 aromatic heterocycles. The van der Waals surface area contributed by atoms with Gasteiger partial charge in [-0.15, -0.1) is 0 Å². The van der Waals surface area contributed by atoms with Crippen LogP contribution in [0.1, 0.15) is 35.2 Å². The monoisotopic (exact) mass is 445 g/mol. The Labute approximate surface area is 189 Å². The zero-order valence-corrected chi connectivity index (χ0v) is 19.3. The molecule has 2 amide bonds. The largest absolute Gasteiger partial charge is 0.450 e. The number of nitrogens with zero attached hydrogens (tertiary/aromatic N) is 5. The molecule has 32 heavy (non-hydrogen) atoms. The Morgan fingerprint density at radius 2 is 1.84 bits per heavy atom. The molecule has 0 bridgehead atoms. The predicted molar refractivity (Wildman–Crippen MR) is 124 cm³/mol. The lowest BCUT2D eigenvalue weighted by Gasteiger charge is -2.32. The number of rotatable bonds is 9. The molecule has 1 fully saturated rings. The Hall–Kier alpha value is -2.85. The number of hydrogen-bond donors (Lipinski definition) is 2. The molecule has 2 aromatic rings. The van der Waals surface area contributed by atoms with E-state index < -0.39 is 6.09 Å². The van der Waals surface area contributed by atoms with Crippen molar-refractivity contribution >= 4 is 29.0 Å². The third-order valence-electron chi connectivity index (χ3n) is 5.84. The van der Waals surface area contributed by atoms with Crippen LogP contribution < -0.4 is 11.5 Å². The lowest BCUT2D eigenvalue weighted by molar-refractivity contribution is 0.0828. The molecule has 1 aromatic carbocycles. The number of benzene rings is 1. The number of ether oxygens (including phenoxy) is 1. The van der Waals surface area contributed by atoms with Gasteiger partial charge in [0.15, 0.2) is 0 Å². The SMILES string of the molecule is CN1CCN(Cc2cc(C(=O)N(C)C)c3c(c2)nc(N)n3CCCCCOC(N)=O)CC1. The van der Waals surface area contributed by atoms with Crippen LogP contribution in [0.25, 0.3) is 11.0 Å². The molecule has 4 N–H and O–H groups in total. The molecule has 0 spiro atoms. The molecule has 0 saturated carbocycles.